The zero-order valence-electron chi connectivity index (χ0n) is 18.2. The minimum absolute atomic E-state index is 0.0836. The first-order valence-electron chi connectivity index (χ1n) is 11.5. The lowest BCUT2D eigenvalue weighted by atomic mass is 9.85. The Morgan fingerprint density at radius 2 is 1.73 bits per heavy atom. The summed E-state index contributed by atoms with van der Waals surface area (Å²) >= 11 is 12.8. The van der Waals surface area contributed by atoms with Crippen LogP contribution in [-0.2, 0) is 4.79 Å². The molecule has 0 bridgehead atoms. The average Bonchev–Trinajstić information content (AvgIpc) is 3.44. The van der Waals surface area contributed by atoms with Crippen LogP contribution in [0.3, 0.4) is 0 Å². The van der Waals surface area contributed by atoms with E-state index in [1.807, 2.05) is 0 Å². The first-order chi connectivity index (χ1) is 16.0. The number of hydrogen-bond acceptors (Lipinski definition) is 6. The molecule has 0 atom stereocenters. The number of amides is 1. The quantitative estimate of drug-likeness (QED) is 0.426. The second-order valence-corrected chi connectivity index (χ2v) is 9.78. The van der Waals surface area contributed by atoms with Gasteiger partial charge in [0.25, 0.3) is 0 Å². The van der Waals surface area contributed by atoms with Gasteiger partial charge in [-0.15, -0.1) is 0 Å². The van der Waals surface area contributed by atoms with Crippen LogP contribution in [0.1, 0.15) is 57.4 Å². The number of fused-ring (bicyclic) bond motifs is 1. The second kappa shape index (κ2) is 9.35. The van der Waals surface area contributed by atoms with Crippen LogP contribution in [-0.4, -0.2) is 31.5 Å². The molecule has 1 amide bonds. The summed E-state index contributed by atoms with van der Waals surface area (Å²) in [4.78, 5) is 25.8. The number of benzene rings is 1. The van der Waals surface area contributed by atoms with Crippen molar-refractivity contribution in [2.45, 2.75) is 63.5 Å². The maximum Gasteiger partial charge on any atom is 0.224 e. The lowest BCUT2D eigenvalue weighted by Crippen LogP contribution is -2.28. The Labute approximate surface area is 202 Å². The number of para-hydroxylation sites is 1. The van der Waals surface area contributed by atoms with Gasteiger partial charge in [0, 0.05) is 18.0 Å². The predicted octanol–water partition coefficient (Wildman–Crippen LogP) is 5.45. The average molecular weight is 488 g/mol. The summed E-state index contributed by atoms with van der Waals surface area (Å²) < 4.78 is 2.10. The predicted molar refractivity (Wildman–Crippen MR) is 131 cm³/mol. The molecule has 0 spiro atoms. The number of nitrogens with one attached hydrogen (secondary N) is 2. The SMILES string of the molecule is NC(=O)[C@H]1CC[C@H](n2c(Nc3c(Cl)cccc3Cl)nc3cnc(NC4CCCC4)nc32)CC1. The van der Waals surface area contributed by atoms with E-state index in [9.17, 15) is 4.79 Å². The van der Waals surface area contributed by atoms with E-state index in [1.165, 1.54) is 12.8 Å². The molecular formula is C23H27Cl2N7O. The molecule has 0 radical (unpaired) electrons. The van der Waals surface area contributed by atoms with Crippen molar-refractivity contribution in [3.8, 4) is 0 Å². The smallest absolute Gasteiger partial charge is 0.224 e. The number of nitrogens with zero attached hydrogens (tertiary/aromatic N) is 4. The molecule has 2 fully saturated rings. The highest BCUT2D eigenvalue weighted by atomic mass is 35.5. The fraction of sp³-hybridized carbons (Fsp3) is 0.478. The molecule has 2 saturated carbocycles. The van der Waals surface area contributed by atoms with Crippen molar-refractivity contribution < 1.29 is 4.79 Å². The van der Waals surface area contributed by atoms with Crippen LogP contribution in [0, 0.1) is 5.92 Å². The van der Waals surface area contributed by atoms with E-state index >= 15 is 0 Å². The molecular weight excluding hydrogens is 461 g/mol. The lowest BCUT2D eigenvalue weighted by Gasteiger charge is -2.29. The summed E-state index contributed by atoms with van der Waals surface area (Å²) in [5.74, 6) is 0.911. The van der Waals surface area contributed by atoms with Crippen molar-refractivity contribution in [3.05, 3.63) is 34.4 Å². The minimum atomic E-state index is -0.226. The van der Waals surface area contributed by atoms with Gasteiger partial charge in [-0.2, -0.15) is 4.98 Å². The van der Waals surface area contributed by atoms with Gasteiger partial charge in [-0.25, -0.2) is 9.97 Å². The Morgan fingerprint density at radius 1 is 1.03 bits per heavy atom. The molecule has 2 aromatic heterocycles. The van der Waals surface area contributed by atoms with E-state index in [0.29, 0.717) is 39.2 Å². The fourth-order valence-corrected chi connectivity index (χ4v) is 5.49. The molecule has 33 heavy (non-hydrogen) atoms. The highest BCUT2D eigenvalue weighted by molar-refractivity contribution is 6.39. The minimum Gasteiger partial charge on any atom is -0.369 e. The number of halogens is 2. The molecule has 2 heterocycles. The van der Waals surface area contributed by atoms with Gasteiger partial charge in [0.05, 0.1) is 21.9 Å². The van der Waals surface area contributed by atoms with E-state index < -0.39 is 0 Å². The Hall–Kier alpha value is -2.58. The molecule has 5 rings (SSSR count). The highest BCUT2D eigenvalue weighted by Crippen LogP contribution is 2.39. The van der Waals surface area contributed by atoms with Crippen molar-refractivity contribution in [1.82, 2.24) is 19.5 Å². The standard InChI is InChI=1S/C23H27Cl2N7O/c24-16-6-3-7-17(25)19(16)30-23-29-18-12-27-22(28-14-4-1-2-5-14)31-21(18)32(23)15-10-8-13(9-11-15)20(26)33/h3,6-7,12-15H,1-2,4-5,8-11H2,(H2,26,33)(H,29,30)(H,27,28,31)/t13-,15-. The van der Waals surface area contributed by atoms with Gasteiger partial charge in [-0.3, -0.25) is 9.36 Å². The van der Waals surface area contributed by atoms with Crippen molar-refractivity contribution in [1.29, 1.82) is 0 Å². The summed E-state index contributed by atoms with van der Waals surface area (Å²) in [5, 5.41) is 7.82. The molecule has 0 saturated heterocycles. The van der Waals surface area contributed by atoms with Crippen LogP contribution < -0.4 is 16.4 Å². The van der Waals surface area contributed by atoms with Crippen molar-refractivity contribution in [2.75, 3.05) is 10.6 Å². The third-order valence-corrected chi connectivity index (χ3v) is 7.41. The van der Waals surface area contributed by atoms with Gasteiger partial charge in [0.1, 0.15) is 5.52 Å². The normalized spacial score (nSPS) is 21.4. The Balaban J connectivity index is 1.53. The van der Waals surface area contributed by atoms with Gasteiger partial charge in [0.15, 0.2) is 5.65 Å². The largest absolute Gasteiger partial charge is 0.369 e. The van der Waals surface area contributed by atoms with Crippen molar-refractivity contribution in [3.63, 3.8) is 0 Å². The van der Waals surface area contributed by atoms with E-state index in [0.717, 1.165) is 44.2 Å². The van der Waals surface area contributed by atoms with Crippen LogP contribution in [0.15, 0.2) is 24.4 Å². The number of anilines is 3. The van der Waals surface area contributed by atoms with Crippen LogP contribution in [0.25, 0.3) is 11.2 Å². The zero-order chi connectivity index (χ0) is 22.9. The number of aromatic nitrogens is 4. The highest BCUT2D eigenvalue weighted by Gasteiger charge is 2.29. The third-order valence-electron chi connectivity index (χ3n) is 6.78. The van der Waals surface area contributed by atoms with Gasteiger partial charge in [-0.1, -0.05) is 42.1 Å². The fourth-order valence-electron chi connectivity index (χ4n) is 4.99. The molecule has 2 aliphatic rings. The van der Waals surface area contributed by atoms with Crippen molar-refractivity contribution in [2.24, 2.45) is 11.7 Å². The van der Waals surface area contributed by atoms with Gasteiger partial charge < -0.3 is 16.4 Å². The topological polar surface area (TPSA) is 111 Å². The van der Waals surface area contributed by atoms with Crippen LogP contribution in [0.4, 0.5) is 17.6 Å². The zero-order valence-corrected chi connectivity index (χ0v) is 19.7. The Morgan fingerprint density at radius 3 is 2.39 bits per heavy atom. The van der Waals surface area contributed by atoms with Gasteiger partial charge in [-0.05, 0) is 50.7 Å². The van der Waals surface area contributed by atoms with E-state index in [-0.39, 0.29) is 17.9 Å². The Kier molecular flexibility index (Phi) is 6.29. The van der Waals surface area contributed by atoms with Gasteiger partial charge in [0.2, 0.25) is 17.8 Å². The van der Waals surface area contributed by atoms with Crippen molar-refractivity contribution >= 4 is 57.9 Å². The molecule has 8 nitrogen and oxygen atoms in total. The molecule has 10 heteroatoms. The van der Waals surface area contributed by atoms with Gasteiger partial charge >= 0.3 is 0 Å². The molecule has 174 valence electrons. The monoisotopic (exact) mass is 487 g/mol. The Bertz CT molecular complexity index is 1150. The summed E-state index contributed by atoms with van der Waals surface area (Å²) in [6, 6.07) is 5.89. The number of imidazole rings is 1. The summed E-state index contributed by atoms with van der Waals surface area (Å²) in [7, 11) is 0. The number of nitrogens with two attached hydrogens (primary N) is 1. The molecule has 4 N–H and O–H groups in total. The van der Waals surface area contributed by atoms with E-state index in [2.05, 4.69) is 20.2 Å². The lowest BCUT2D eigenvalue weighted by molar-refractivity contribution is -0.122. The number of carbonyl (C=O) groups is 1. The summed E-state index contributed by atoms with van der Waals surface area (Å²) in [5.41, 5.74) is 7.59. The molecule has 2 aliphatic carbocycles. The number of hydrogen-bond donors (Lipinski definition) is 3. The van der Waals surface area contributed by atoms with Crippen LogP contribution in [0.2, 0.25) is 10.0 Å². The molecule has 0 unspecified atom stereocenters. The third kappa shape index (κ3) is 4.59. The maximum atomic E-state index is 11.7. The van der Waals surface area contributed by atoms with E-state index in [4.69, 9.17) is 38.9 Å². The first kappa shape index (κ1) is 22.2. The number of rotatable bonds is 6. The molecule has 3 aromatic rings. The molecule has 1 aromatic carbocycles. The second-order valence-electron chi connectivity index (χ2n) is 8.96. The number of primary amides is 1. The first-order valence-corrected chi connectivity index (χ1v) is 12.3. The van der Waals surface area contributed by atoms with Crippen LogP contribution >= 0.6 is 23.2 Å². The summed E-state index contributed by atoms with van der Waals surface area (Å²) in [6.07, 6.45) is 9.57. The van der Waals surface area contributed by atoms with Crippen LogP contribution in [0.5, 0.6) is 0 Å². The maximum absolute atomic E-state index is 11.7. The van der Waals surface area contributed by atoms with E-state index in [1.54, 1.807) is 24.4 Å². The summed E-state index contributed by atoms with van der Waals surface area (Å²) in [6.45, 7) is 0. The molecule has 0 aliphatic heterocycles. The number of carbonyl (C=O) groups excluding carboxylic acids is 1.